The average molecular weight is 374 g/mol. The highest BCUT2D eigenvalue weighted by molar-refractivity contribution is 8.15. The Balaban J connectivity index is 1.88. The zero-order valence-electron chi connectivity index (χ0n) is 12.6. The summed E-state index contributed by atoms with van der Waals surface area (Å²) in [7, 11) is 0. The van der Waals surface area contributed by atoms with Crippen LogP contribution in [0, 0.1) is 0 Å². The first kappa shape index (κ1) is 18.1. The van der Waals surface area contributed by atoms with Crippen LogP contribution in [-0.4, -0.2) is 28.8 Å². The molecular weight excluding hydrogens is 357 g/mol. The fourth-order valence-corrected chi connectivity index (χ4v) is 3.20. The van der Waals surface area contributed by atoms with E-state index >= 15 is 0 Å². The van der Waals surface area contributed by atoms with E-state index in [0.29, 0.717) is 27.4 Å². The summed E-state index contributed by atoms with van der Waals surface area (Å²) in [5.41, 5.74) is 0.546. The van der Waals surface area contributed by atoms with Gasteiger partial charge in [-0.2, -0.15) is 0 Å². The molecule has 0 radical (unpaired) electrons. The molecule has 2 N–H and O–H groups in total. The van der Waals surface area contributed by atoms with Crippen LogP contribution in [0.2, 0.25) is 10.0 Å². The van der Waals surface area contributed by atoms with E-state index in [9.17, 15) is 9.59 Å². The molecule has 1 atom stereocenters. The van der Waals surface area contributed by atoms with E-state index in [1.54, 1.807) is 18.2 Å². The lowest BCUT2D eigenvalue weighted by Gasteiger charge is -2.08. The van der Waals surface area contributed by atoms with Gasteiger partial charge in [0.25, 0.3) is 0 Å². The van der Waals surface area contributed by atoms with E-state index in [1.165, 1.54) is 11.8 Å². The van der Waals surface area contributed by atoms with Crippen molar-refractivity contribution in [3.8, 4) is 0 Å². The summed E-state index contributed by atoms with van der Waals surface area (Å²) in [5, 5.41) is 6.33. The topological polar surface area (TPSA) is 70.6 Å². The van der Waals surface area contributed by atoms with Gasteiger partial charge in [-0.15, -0.1) is 0 Å². The molecule has 23 heavy (non-hydrogen) atoms. The number of nitrogens with one attached hydrogen (secondary N) is 2. The zero-order chi connectivity index (χ0) is 16.8. The Morgan fingerprint density at radius 2 is 2.17 bits per heavy atom. The van der Waals surface area contributed by atoms with Crippen LogP contribution in [0.1, 0.15) is 26.2 Å². The molecule has 0 saturated carbocycles. The number of anilines is 1. The summed E-state index contributed by atoms with van der Waals surface area (Å²) in [6.45, 7) is 2.76. The smallest absolute Gasteiger partial charge is 0.240 e. The number of unbranched alkanes of at least 4 members (excludes halogenated alkanes) is 1. The molecule has 1 aliphatic rings. The molecule has 0 unspecified atom stereocenters. The molecule has 1 heterocycles. The number of hydrogen-bond donors (Lipinski definition) is 2. The van der Waals surface area contributed by atoms with Crippen molar-refractivity contribution in [2.24, 2.45) is 4.99 Å². The van der Waals surface area contributed by atoms with Gasteiger partial charge in [0, 0.05) is 18.7 Å². The fraction of sp³-hybridized carbons (Fsp3) is 0.400. The van der Waals surface area contributed by atoms with Crippen LogP contribution < -0.4 is 10.6 Å². The molecule has 0 bridgehead atoms. The highest BCUT2D eigenvalue weighted by Crippen LogP contribution is 2.26. The summed E-state index contributed by atoms with van der Waals surface area (Å²) in [6.07, 6.45) is 2.09. The van der Waals surface area contributed by atoms with Gasteiger partial charge in [0.05, 0.1) is 10.0 Å². The number of nitrogens with zero attached hydrogens (tertiary/aromatic N) is 1. The van der Waals surface area contributed by atoms with Crippen molar-refractivity contribution in [2.45, 2.75) is 31.4 Å². The van der Waals surface area contributed by atoms with Gasteiger partial charge in [0.15, 0.2) is 5.17 Å². The summed E-state index contributed by atoms with van der Waals surface area (Å²) in [5.74, 6) is -0.444. The Morgan fingerprint density at radius 1 is 1.39 bits per heavy atom. The van der Waals surface area contributed by atoms with E-state index in [2.05, 4.69) is 22.5 Å². The largest absolute Gasteiger partial charge is 0.326 e. The quantitative estimate of drug-likeness (QED) is 0.746. The molecule has 0 aliphatic carbocycles. The number of thioether (sulfide) groups is 1. The van der Waals surface area contributed by atoms with E-state index in [1.807, 2.05) is 0 Å². The molecule has 1 fully saturated rings. The molecule has 1 aromatic rings. The molecule has 1 saturated heterocycles. The summed E-state index contributed by atoms with van der Waals surface area (Å²) < 4.78 is 0. The zero-order valence-corrected chi connectivity index (χ0v) is 14.9. The third-order valence-electron chi connectivity index (χ3n) is 3.12. The number of hydrogen-bond acceptors (Lipinski definition) is 4. The van der Waals surface area contributed by atoms with Crippen molar-refractivity contribution in [2.75, 3.05) is 11.9 Å². The van der Waals surface area contributed by atoms with Gasteiger partial charge < -0.3 is 10.6 Å². The number of rotatable bonds is 6. The third kappa shape index (κ3) is 5.41. The molecule has 124 valence electrons. The number of amidine groups is 1. The van der Waals surface area contributed by atoms with E-state index in [-0.39, 0.29) is 18.2 Å². The number of halogens is 2. The van der Waals surface area contributed by atoms with Crippen molar-refractivity contribution >= 4 is 57.6 Å². The van der Waals surface area contributed by atoms with Crippen molar-refractivity contribution in [3.63, 3.8) is 0 Å². The SMILES string of the molecule is CCCCN=C1NC(=O)[C@@H](CC(=O)Nc2ccc(Cl)c(Cl)c2)S1. The monoisotopic (exact) mass is 373 g/mol. The maximum Gasteiger partial charge on any atom is 0.240 e. The van der Waals surface area contributed by atoms with Crippen LogP contribution in [0.15, 0.2) is 23.2 Å². The minimum Gasteiger partial charge on any atom is -0.326 e. The third-order valence-corrected chi connectivity index (χ3v) is 4.98. The molecule has 2 rings (SSSR count). The minimum absolute atomic E-state index is 0.0730. The number of benzene rings is 1. The molecule has 5 nitrogen and oxygen atoms in total. The fourth-order valence-electron chi connectivity index (χ4n) is 1.91. The van der Waals surface area contributed by atoms with Gasteiger partial charge in [-0.25, -0.2) is 0 Å². The lowest BCUT2D eigenvalue weighted by atomic mass is 10.2. The van der Waals surface area contributed by atoms with Gasteiger partial charge in [-0.05, 0) is 24.6 Å². The molecule has 1 aliphatic heterocycles. The van der Waals surface area contributed by atoms with Crippen LogP contribution in [0.3, 0.4) is 0 Å². The van der Waals surface area contributed by atoms with Crippen molar-refractivity contribution in [1.29, 1.82) is 0 Å². The van der Waals surface area contributed by atoms with Crippen molar-refractivity contribution < 1.29 is 9.59 Å². The number of carbonyl (C=O) groups excluding carboxylic acids is 2. The van der Waals surface area contributed by atoms with Crippen LogP contribution in [0.25, 0.3) is 0 Å². The second kappa shape index (κ2) is 8.57. The average Bonchev–Trinajstić information content (AvgIpc) is 2.83. The molecule has 1 aromatic carbocycles. The second-order valence-corrected chi connectivity index (χ2v) is 7.02. The van der Waals surface area contributed by atoms with Crippen LogP contribution in [0.5, 0.6) is 0 Å². The Bertz CT molecular complexity index is 637. The van der Waals surface area contributed by atoms with Gasteiger partial charge in [0.1, 0.15) is 5.25 Å². The number of amides is 2. The van der Waals surface area contributed by atoms with Crippen molar-refractivity contribution in [3.05, 3.63) is 28.2 Å². The predicted octanol–water partition coefficient (Wildman–Crippen LogP) is 3.71. The first-order valence-corrected chi connectivity index (χ1v) is 8.90. The minimum atomic E-state index is -0.460. The summed E-state index contributed by atoms with van der Waals surface area (Å²) >= 11 is 13.0. The predicted molar refractivity (Wildman–Crippen MR) is 96.4 cm³/mol. The number of carbonyl (C=O) groups is 2. The van der Waals surface area contributed by atoms with Gasteiger partial charge in [-0.3, -0.25) is 14.6 Å². The van der Waals surface area contributed by atoms with Crippen LogP contribution >= 0.6 is 35.0 Å². The Labute approximate surface area is 149 Å². The van der Waals surface area contributed by atoms with E-state index in [0.717, 1.165) is 12.8 Å². The van der Waals surface area contributed by atoms with Crippen LogP contribution in [0.4, 0.5) is 5.69 Å². The molecule has 2 amide bonds. The molecule has 0 spiro atoms. The normalized spacial score (nSPS) is 19.0. The van der Waals surface area contributed by atoms with Gasteiger partial charge >= 0.3 is 0 Å². The van der Waals surface area contributed by atoms with Gasteiger partial charge in [0.2, 0.25) is 11.8 Å². The Hall–Kier alpha value is -1.24. The van der Waals surface area contributed by atoms with Crippen LogP contribution in [-0.2, 0) is 9.59 Å². The Morgan fingerprint density at radius 3 is 2.87 bits per heavy atom. The number of aliphatic imine (C=N–C) groups is 1. The lowest BCUT2D eigenvalue weighted by Crippen LogP contribution is -2.28. The first-order chi connectivity index (χ1) is 11.0. The molecular formula is C15H17Cl2N3O2S. The highest BCUT2D eigenvalue weighted by atomic mass is 35.5. The molecule has 8 heteroatoms. The summed E-state index contributed by atoms with van der Waals surface area (Å²) in [4.78, 5) is 28.2. The maximum absolute atomic E-state index is 12.1. The second-order valence-electron chi connectivity index (χ2n) is 5.02. The van der Waals surface area contributed by atoms with Crippen molar-refractivity contribution in [1.82, 2.24) is 5.32 Å². The first-order valence-electron chi connectivity index (χ1n) is 7.26. The Kier molecular flexibility index (Phi) is 6.74. The standard InChI is InChI=1S/C15H17Cl2N3O2S/c1-2-3-6-18-15-20-14(22)12(23-15)8-13(21)19-9-4-5-10(16)11(17)7-9/h4-5,7,12H,2-3,6,8H2,1H3,(H,19,21)(H,18,20,22)/t12-/m1/s1. The van der Waals surface area contributed by atoms with E-state index < -0.39 is 5.25 Å². The highest BCUT2D eigenvalue weighted by Gasteiger charge is 2.31. The molecule has 0 aromatic heterocycles. The van der Waals surface area contributed by atoms with E-state index in [4.69, 9.17) is 23.2 Å². The maximum atomic E-state index is 12.1. The lowest BCUT2D eigenvalue weighted by molar-refractivity contribution is -0.122. The summed E-state index contributed by atoms with van der Waals surface area (Å²) in [6, 6.07) is 4.84. The van der Waals surface area contributed by atoms with Gasteiger partial charge in [-0.1, -0.05) is 48.3 Å².